The van der Waals surface area contributed by atoms with E-state index in [9.17, 15) is 4.79 Å². The van der Waals surface area contributed by atoms with E-state index in [1.165, 1.54) is 5.57 Å². The van der Waals surface area contributed by atoms with Crippen molar-refractivity contribution in [2.24, 2.45) is 23.7 Å². The van der Waals surface area contributed by atoms with Crippen LogP contribution in [-0.2, 0) is 14.0 Å². The highest BCUT2D eigenvalue weighted by Crippen LogP contribution is 2.65. The summed E-state index contributed by atoms with van der Waals surface area (Å²) in [6, 6.07) is 10.3. The van der Waals surface area contributed by atoms with Crippen molar-refractivity contribution in [2.45, 2.75) is 51.9 Å². The van der Waals surface area contributed by atoms with E-state index in [1.807, 2.05) is 25.1 Å². The molecule has 4 rings (SSSR count). The van der Waals surface area contributed by atoms with Crippen LogP contribution >= 0.6 is 0 Å². The molecule has 3 nitrogen and oxygen atoms in total. The molecule has 0 radical (unpaired) electrons. The second kappa shape index (κ2) is 6.70. The lowest BCUT2D eigenvalue weighted by molar-refractivity contribution is -0.139. The van der Waals surface area contributed by atoms with E-state index >= 15 is 0 Å². The quantitative estimate of drug-likeness (QED) is 0.377. The molecule has 0 amide bonds. The van der Waals surface area contributed by atoms with Crippen LogP contribution in [0.2, 0.25) is 18.1 Å². The van der Waals surface area contributed by atoms with E-state index in [4.69, 9.17) is 9.16 Å². The normalized spacial score (nSPS) is 31.0. The molecule has 150 valence electrons. The van der Waals surface area contributed by atoms with Crippen molar-refractivity contribution >= 4 is 19.9 Å². The fourth-order valence-corrected chi connectivity index (χ4v) is 6.31. The van der Waals surface area contributed by atoms with Gasteiger partial charge in [0.15, 0.2) is 8.32 Å². The molecule has 0 unspecified atom stereocenters. The fraction of sp³-hybridized carbons (Fsp3) is 0.542. The summed E-state index contributed by atoms with van der Waals surface area (Å²) in [6.45, 7) is 13.8. The molecule has 3 aliphatic rings. The summed E-state index contributed by atoms with van der Waals surface area (Å²) in [4.78, 5) is 12.8. The van der Waals surface area contributed by atoms with Gasteiger partial charge in [-0.2, -0.15) is 0 Å². The van der Waals surface area contributed by atoms with Crippen molar-refractivity contribution in [2.75, 3.05) is 6.61 Å². The first kappa shape index (κ1) is 19.7. The third-order valence-corrected chi connectivity index (χ3v) is 11.8. The van der Waals surface area contributed by atoms with Gasteiger partial charge in [-0.15, -0.1) is 0 Å². The molecule has 5 atom stereocenters. The van der Waals surface area contributed by atoms with Crippen molar-refractivity contribution in [1.82, 2.24) is 0 Å². The zero-order valence-corrected chi connectivity index (χ0v) is 18.9. The Morgan fingerprint density at radius 1 is 1.04 bits per heavy atom. The second-order valence-electron chi connectivity index (χ2n) is 9.85. The first-order chi connectivity index (χ1) is 13.2. The van der Waals surface area contributed by atoms with Gasteiger partial charge in [0, 0.05) is 29.2 Å². The molecule has 0 aromatic heterocycles. The monoisotopic (exact) mass is 396 g/mol. The molecular weight excluding hydrogens is 364 g/mol. The highest BCUT2D eigenvalue weighted by Gasteiger charge is 2.63. The summed E-state index contributed by atoms with van der Waals surface area (Å²) in [6.07, 6.45) is 4.82. The zero-order chi connectivity index (χ0) is 20.3. The maximum absolute atomic E-state index is 12.8. The number of hydrogen-bond donors (Lipinski definition) is 0. The lowest BCUT2D eigenvalue weighted by atomic mass is 9.61. The second-order valence-corrected chi connectivity index (χ2v) is 14.6. The standard InChI is InChI=1S/C24H32O3Si/c1-7-26-23(25)21-18(15-11-9-8-10-12-15)19-16-13-14-17(20(19)21)22(16)27-28(5,6)24(2,3)4/h8-14,16-17,19-20,22H,7H2,1-6H3/t16-,17+,19+,20+,22+/m1/s1. The van der Waals surface area contributed by atoms with Crippen LogP contribution in [0.15, 0.2) is 48.1 Å². The van der Waals surface area contributed by atoms with Gasteiger partial charge in [0.1, 0.15) is 0 Å². The van der Waals surface area contributed by atoms with Crippen LogP contribution < -0.4 is 0 Å². The highest BCUT2D eigenvalue weighted by molar-refractivity contribution is 6.74. The van der Waals surface area contributed by atoms with E-state index in [0.717, 1.165) is 11.1 Å². The molecule has 3 aliphatic carbocycles. The number of ether oxygens (including phenoxy) is 1. The van der Waals surface area contributed by atoms with Crippen molar-refractivity contribution in [3.8, 4) is 0 Å². The molecule has 0 heterocycles. The minimum Gasteiger partial charge on any atom is -0.463 e. The first-order valence-corrected chi connectivity index (χ1v) is 13.4. The zero-order valence-electron chi connectivity index (χ0n) is 17.9. The summed E-state index contributed by atoms with van der Waals surface area (Å²) in [5.41, 5.74) is 3.22. The van der Waals surface area contributed by atoms with E-state index in [-0.39, 0.29) is 28.9 Å². The summed E-state index contributed by atoms with van der Waals surface area (Å²) >= 11 is 0. The van der Waals surface area contributed by atoms with Crippen LogP contribution in [0.4, 0.5) is 0 Å². The molecule has 0 saturated heterocycles. The molecule has 1 fully saturated rings. The molecule has 28 heavy (non-hydrogen) atoms. The molecule has 0 N–H and O–H groups in total. The van der Waals surface area contributed by atoms with E-state index in [0.29, 0.717) is 18.4 Å². The van der Waals surface area contributed by atoms with Crippen molar-refractivity contribution in [3.63, 3.8) is 0 Å². The maximum atomic E-state index is 12.8. The van der Waals surface area contributed by atoms with Crippen LogP contribution in [0.25, 0.3) is 5.57 Å². The molecule has 1 aromatic carbocycles. The average Bonchev–Trinajstić information content (AvgIpc) is 3.06. The predicted molar refractivity (Wildman–Crippen MR) is 115 cm³/mol. The third kappa shape index (κ3) is 2.84. The molecule has 1 saturated carbocycles. The van der Waals surface area contributed by atoms with E-state index in [2.05, 4.69) is 58.2 Å². The number of benzene rings is 1. The number of hydrogen-bond acceptors (Lipinski definition) is 3. The SMILES string of the molecule is CCOC(=O)C1=C(c2ccccc2)[C@@H]2[C@H]3C=C[C@H]([C@H]3O[Si](C)(C)C(C)(C)C)[C@H]12. The Hall–Kier alpha value is -1.65. The van der Waals surface area contributed by atoms with Gasteiger partial charge in [0.05, 0.1) is 12.7 Å². The summed E-state index contributed by atoms with van der Waals surface area (Å²) in [5, 5.41) is 0.174. The molecule has 0 aliphatic heterocycles. The van der Waals surface area contributed by atoms with Gasteiger partial charge < -0.3 is 9.16 Å². The minimum absolute atomic E-state index is 0.144. The minimum atomic E-state index is -1.89. The molecular formula is C24H32O3Si. The van der Waals surface area contributed by atoms with Gasteiger partial charge in [0.25, 0.3) is 0 Å². The largest absolute Gasteiger partial charge is 0.463 e. The van der Waals surface area contributed by atoms with Gasteiger partial charge in [-0.1, -0.05) is 63.3 Å². The van der Waals surface area contributed by atoms with Gasteiger partial charge in [-0.05, 0) is 36.2 Å². The maximum Gasteiger partial charge on any atom is 0.334 e. The smallest absolute Gasteiger partial charge is 0.334 e. The molecule has 1 aromatic rings. The Morgan fingerprint density at radius 2 is 1.64 bits per heavy atom. The van der Waals surface area contributed by atoms with Crippen molar-refractivity contribution in [1.29, 1.82) is 0 Å². The number of fused-ring (bicyclic) bond motifs is 5. The van der Waals surface area contributed by atoms with Gasteiger partial charge in [-0.3, -0.25) is 0 Å². The first-order valence-electron chi connectivity index (χ1n) is 10.5. The van der Waals surface area contributed by atoms with Crippen molar-refractivity contribution in [3.05, 3.63) is 53.6 Å². The van der Waals surface area contributed by atoms with E-state index in [1.54, 1.807) is 0 Å². The summed E-state index contributed by atoms with van der Waals surface area (Å²) < 4.78 is 12.4. The van der Waals surface area contributed by atoms with Gasteiger partial charge in [-0.25, -0.2) is 4.79 Å². The van der Waals surface area contributed by atoms with E-state index < -0.39 is 8.32 Å². The number of rotatable bonds is 5. The Labute approximate surface area is 169 Å². The summed E-state index contributed by atoms with van der Waals surface area (Å²) in [7, 11) is -1.89. The number of esters is 1. The fourth-order valence-electron chi connectivity index (χ4n) is 4.96. The molecule has 0 spiro atoms. The average molecular weight is 397 g/mol. The lowest BCUT2D eigenvalue weighted by Gasteiger charge is -2.41. The van der Waals surface area contributed by atoms with Crippen LogP contribution in [0.3, 0.4) is 0 Å². The predicted octanol–water partition coefficient (Wildman–Crippen LogP) is 5.46. The highest BCUT2D eigenvalue weighted by atomic mass is 28.4. The Balaban J connectivity index is 1.69. The van der Waals surface area contributed by atoms with Crippen molar-refractivity contribution < 1.29 is 14.0 Å². The van der Waals surface area contributed by atoms with Crippen LogP contribution in [0.1, 0.15) is 33.3 Å². The number of carbonyl (C=O) groups is 1. The van der Waals surface area contributed by atoms with Gasteiger partial charge in [0.2, 0.25) is 0 Å². The Morgan fingerprint density at radius 3 is 2.21 bits per heavy atom. The van der Waals surface area contributed by atoms with Crippen LogP contribution in [0, 0.1) is 23.7 Å². The number of allylic oxidation sites excluding steroid dienone is 1. The number of carbonyl (C=O) groups excluding carboxylic acids is 1. The molecule has 4 heteroatoms. The Kier molecular flexibility index (Phi) is 4.70. The topological polar surface area (TPSA) is 35.5 Å². The van der Waals surface area contributed by atoms with Crippen LogP contribution in [-0.4, -0.2) is 27.0 Å². The van der Waals surface area contributed by atoms with Gasteiger partial charge >= 0.3 is 5.97 Å². The third-order valence-electron chi connectivity index (χ3n) is 7.30. The molecule has 2 bridgehead atoms. The van der Waals surface area contributed by atoms with Crippen LogP contribution in [0.5, 0.6) is 0 Å². The summed E-state index contributed by atoms with van der Waals surface area (Å²) in [5.74, 6) is 1.11. The Bertz CT molecular complexity index is 831. The lowest BCUT2D eigenvalue weighted by Crippen LogP contribution is -2.45.